The molecule has 330 valence electrons. The van der Waals surface area contributed by atoms with Crippen molar-refractivity contribution in [1.82, 2.24) is 0 Å². The maximum atomic E-state index is 12.7. The SMILES string of the molecule is CCCC/C=C\CCCCCCCC(=O)O[C@H](COC(=O)CCCC/C=C\C/C=C\C/C=C\CCCCC)COC(=O)CCCCCCCCCCCCCCC. The van der Waals surface area contributed by atoms with E-state index in [9.17, 15) is 14.4 Å². The van der Waals surface area contributed by atoms with Crippen molar-refractivity contribution in [2.24, 2.45) is 0 Å². The predicted octanol–water partition coefficient (Wildman–Crippen LogP) is 15.5. The largest absolute Gasteiger partial charge is 0.462 e. The molecule has 0 unspecified atom stereocenters. The average Bonchev–Trinajstić information content (AvgIpc) is 3.21. The minimum absolute atomic E-state index is 0.0867. The van der Waals surface area contributed by atoms with Gasteiger partial charge in [0.15, 0.2) is 6.10 Å². The summed E-state index contributed by atoms with van der Waals surface area (Å²) in [4.78, 5) is 37.8. The Morgan fingerprint density at radius 2 is 0.649 bits per heavy atom. The molecule has 0 aliphatic rings. The van der Waals surface area contributed by atoms with Crippen molar-refractivity contribution in [3.05, 3.63) is 48.6 Å². The Hall–Kier alpha value is -2.63. The molecule has 6 nitrogen and oxygen atoms in total. The van der Waals surface area contributed by atoms with Crippen molar-refractivity contribution in [2.45, 2.75) is 245 Å². The van der Waals surface area contributed by atoms with E-state index in [0.717, 1.165) is 83.5 Å². The highest BCUT2D eigenvalue weighted by Crippen LogP contribution is 2.14. The summed E-state index contributed by atoms with van der Waals surface area (Å²) in [6.07, 6.45) is 53.8. The second-order valence-electron chi connectivity index (χ2n) is 16.0. The number of allylic oxidation sites excluding steroid dienone is 8. The van der Waals surface area contributed by atoms with Gasteiger partial charge in [-0.05, 0) is 77.0 Å². The standard InChI is InChI=1S/C51H90O6/c1-4-7-10-13-16-19-22-24-25-27-30-32-35-38-41-44-50(53)56-47-48(57-51(54)45-42-39-36-33-28-21-18-15-12-9-6-3)46-55-49(52)43-40-37-34-31-29-26-23-20-17-14-11-8-5-2/h15-16,18-19,24-25,30,32,48H,4-14,17,20-23,26-29,31,33-47H2,1-3H3/b18-15-,19-16-,25-24-,32-30-/t48-/m0/s1. The number of carbonyl (C=O) groups excluding carboxylic acids is 3. The van der Waals surface area contributed by atoms with Gasteiger partial charge in [-0.1, -0.05) is 191 Å². The van der Waals surface area contributed by atoms with Crippen LogP contribution in [0.15, 0.2) is 48.6 Å². The summed E-state index contributed by atoms with van der Waals surface area (Å²) < 4.78 is 16.7. The molecular weight excluding hydrogens is 709 g/mol. The van der Waals surface area contributed by atoms with Crippen LogP contribution >= 0.6 is 0 Å². The van der Waals surface area contributed by atoms with Crippen LogP contribution in [0.2, 0.25) is 0 Å². The minimum Gasteiger partial charge on any atom is -0.462 e. The molecule has 0 fully saturated rings. The summed E-state index contributed by atoms with van der Waals surface area (Å²) in [5.74, 6) is -0.934. The lowest BCUT2D eigenvalue weighted by Crippen LogP contribution is -2.30. The van der Waals surface area contributed by atoms with Gasteiger partial charge in [0.2, 0.25) is 0 Å². The fourth-order valence-electron chi connectivity index (χ4n) is 6.61. The number of rotatable bonds is 43. The molecule has 0 amide bonds. The third kappa shape index (κ3) is 44.3. The summed E-state index contributed by atoms with van der Waals surface area (Å²) in [6, 6.07) is 0. The number of unbranched alkanes of at least 4 members (excludes halogenated alkanes) is 24. The van der Waals surface area contributed by atoms with Gasteiger partial charge in [-0.2, -0.15) is 0 Å². The van der Waals surface area contributed by atoms with Crippen molar-refractivity contribution >= 4 is 17.9 Å². The van der Waals surface area contributed by atoms with Crippen LogP contribution in [0.25, 0.3) is 0 Å². The number of carbonyl (C=O) groups is 3. The van der Waals surface area contributed by atoms with Crippen molar-refractivity contribution in [1.29, 1.82) is 0 Å². The topological polar surface area (TPSA) is 78.9 Å². The molecule has 0 rings (SSSR count). The maximum Gasteiger partial charge on any atom is 0.306 e. The van der Waals surface area contributed by atoms with Crippen LogP contribution in [0.3, 0.4) is 0 Å². The average molecular weight is 799 g/mol. The van der Waals surface area contributed by atoms with E-state index in [0.29, 0.717) is 19.3 Å². The number of hydrogen-bond donors (Lipinski definition) is 0. The molecule has 1 atom stereocenters. The Bertz CT molecular complexity index is 1010. The second-order valence-corrected chi connectivity index (χ2v) is 16.0. The molecule has 0 bridgehead atoms. The Morgan fingerprint density at radius 3 is 1.12 bits per heavy atom. The second kappa shape index (κ2) is 46.1. The molecule has 0 saturated carbocycles. The fourth-order valence-corrected chi connectivity index (χ4v) is 6.61. The van der Waals surface area contributed by atoms with E-state index in [1.54, 1.807) is 0 Å². The molecule has 0 aromatic carbocycles. The lowest BCUT2D eigenvalue weighted by molar-refractivity contribution is -0.167. The van der Waals surface area contributed by atoms with Crippen LogP contribution < -0.4 is 0 Å². The number of hydrogen-bond acceptors (Lipinski definition) is 6. The first-order chi connectivity index (χ1) is 28.0. The van der Waals surface area contributed by atoms with Gasteiger partial charge < -0.3 is 14.2 Å². The van der Waals surface area contributed by atoms with Crippen LogP contribution in [0.5, 0.6) is 0 Å². The van der Waals surface area contributed by atoms with Crippen molar-refractivity contribution in [3.63, 3.8) is 0 Å². The van der Waals surface area contributed by atoms with E-state index in [1.165, 1.54) is 116 Å². The summed E-state index contributed by atoms with van der Waals surface area (Å²) in [5, 5.41) is 0. The first-order valence-electron chi connectivity index (χ1n) is 24.1. The van der Waals surface area contributed by atoms with Gasteiger partial charge in [0.05, 0.1) is 0 Å². The zero-order chi connectivity index (χ0) is 41.5. The van der Waals surface area contributed by atoms with Crippen LogP contribution in [0.1, 0.15) is 239 Å². The number of esters is 3. The zero-order valence-electron chi connectivity index (χ0n) is 37.6. The molecule has 0 radical (unpaired) electrons. The zero-order valence-corrected chi connectivity index (χ0v) is 37.6. The van der Waals surface area contributed by atoms with Crippen LogP contribution in [-0.4, -0.2) is 37.2 Å². The fraction of sp³-hybridized carbons (Fsp3) is 0.784. The van der Waals surface area contributed by atoms with Gasteiger partial charge in [0.1, 0.15) is 13.2 Å². The molecule has 6 heteroatoms. The third-order valence-corrected chi connectivity index (χ3v) is 10.3. The van der Waals surface area contributed by atoms with Gasteiger partial charge >= 0.3 is 17.9 Å². The third-order valence-electron chi connectivity index (χ3n) is 10.3. The molecule has 0 aliphatic heterocycles. The van der Waals surface area contributed by atoms with Gasteiger partial charge in [-0.25, -0.2) is 0 Å². The lowest BCUT2D eigenvalue weighted by Gasteiger charge is -2.18. The normalized spacial score (nSPS) is 12.4. The maximum absolute atomic E-state index is 12.7. The molecule has 0 N–H and O–H groups in total. The molecule has 0 saturated heterocycles. The van der Waals surface area contributed by atoms with E-state index >= 15 is 0 Å². The van der Waals surface area contributed by atoms with Crippen molar-refractivity contribution < 1.29 is 28.6 Å². The van der Waals surface area contributed by atoms with Crippen LogP contribution in [0.4, 0.5) is 0 Å². The summed E-state index contributed by atoms with van der Waals surface area (Å²) in [7, 11) is 0. The van der Waals surface area contributed by atoms with Gasteiger partial charge in [-0.3, -0.25) is 14.4 Å². The van der Waals surface area contributed by atoms with E-state index in [4.69, 9.17) is 14.2 Å². The van der Waals surface area contributed by atoms with Gasteiger partial charge in [0, 0.05) is 19.3 Å². The predicted molar refractivity (Wildman–Crippen MR) is 242 cm³/mol. The molecule has 0 spiro atoms. The first-order valence-corrected chi connectivity index (χ1v) is 24.1. The van der Waals surface area contributed by atoms with Gasteiger partial charge in [0.25, 0.3) is 0 Å². The first kappa shape index (κ1) is 54.4. The van der Waals surface area contributed by atoms with Gasteiger partial charge in [-0.15, -0.1) is 0 Å². The smallest absolute Gasteiger partial charge is 0.306 e. The molecule has 57 heavy (non-hydrogen) atoms. The molecule has 0 heterocycles. The Kier molecular flexibility index (Phi) is 43.9. The summed E-state index contributed by atoms with van der Waals surface area (Å²) in [6.45, 7) is 6.53. The highest BCUT2D eigenvalue weighted by Gasteiger charge is 2.19. The Labute approximate surface area is 352 Å². The molecule has 0 aliphatic carbocycles. The Morgan fingerprint density at radius 1 is 0.351 bits per heavy atom. The minimum atomic E-state index is -0.788. The summed E-state index contributed by atoms with van der Waals surface area (Å²) >= 11 is 0. The molecular formula is C51H90O6. The molecule has 0 aromatic rings. The van der Waals surface area contributed by atoms with Crippen LogP contribution in [-0.2, 0) is 28.6 Å². The van der Waals surface area contributed by atoms with E-state index in [-0.39, 0.29) is 31.1 Å². The molecule has 0 aromatic heterocycles. The highest BCUT2D eigenvalue weighted by molar-refractivity contribution is 5.71. The summed E-state index contributed by atoms with van der Waals surface area (Å²) in [5.41, 5.74) is 0. The van der Waals surface area contributed by atoms with Crippen molar-refractivity contribution in [2.75, 3.05) is 13.2 Å². The number of ether oxygens (including phenoxy) is 3. The van der Waals surface area contributed by atoms with E-state index in [2.05, 4.69) is 69.4 Å². The van der Waals surface area contributed by atoms with Crippen LogP contribution in [0, 0.1) is 0 Å². The lowest BCUT2D eigenvalue weighted by atomic mass is 10.0. The highest BCUT2D eigenvalue weighted by atomic mass is 16.6. The Balaban J connectivity index is 4.42. The monoisotopic (exact) mass is 799 g/mol. The van der Waals surface area contributed by atoms with E-state index in [1.807, 2.05) is 0 Å². The van der Waals surface area contributed by atoms with E-state index < -0.39 is 6.10 Å². The van der Waals surface area contributed by atoms with Crippen molar-refractivity contribution in [3.8, 4) is 0 Å². The quantitative estimate of drug-likeness (QED) is 0.0265.